The van der Waals surface area contributed by atoms with Crippen LogP contribution in [0.15, 0.2) is 18.5 Å². The molecule has 0 bridgehead atoms. The maximum absolute atomic E-state index is 5.58. The molecule has 0 spiro atoms. The third kappa shape index (κ3) is 3.94. The van der Waals surface area contributed by atoms with Gasteiger partial charge in [-0.2, -0.15) is 0 Å². The number of likely N-dealkylation sites (N-methyl/N-ethyl adjacent to an activating group) is 1. The van der Waals surface area contributed by atoms with Crippen LogP contribution < -0.4 is 10.8 Å². The van der Waals surface area contributed by atoms with Gasteiger partial charge in [-0.15, -0.1) is 0 Å². The molecule has 13 heavy (non-hydrogen) atoms. The van der Waals surface area contributed by atoms with Crippen LogP contribution >= 0.6 is 0 Å². The van der Waals surface area contributed by atoms with Gasteiger partial charge in [0.2, 0.25) is 0 Å². The summed E-state index contributed by atoms with van der Waals surface area (Å²) in [5.41, 5.74) is 1.66. The summed E-state index contributed by atoms with van der Waals surface area (Å²) < 4.78 is 0. The van der Waals surface area contributed by atoms with E-state index in [-0.39, 0.29) is 0 Å². The number of pyridine rings is 1. The van der Waals surface area contributed by atoms with E-state index in [0.29, 0.717) is 5.46 Å². The predicted octanol–water partition coefficient (Wildman–Crippen LogP) is -0.151. The molecular weight excluding hydrogens is 161 g/mol. The van der Waals surface area contributed by atoms with E-state index >= 15 is 0 Å². The molecule has 1 N–H and O–H groups in total. The molecule has 1 heterocycles. The van der Waals surface area contributed by atoms with Crippen molar-refractivity contribution in [2.75, 3.05) is 32.5 Å². The van der Waals surface area contributed by atoms with Crippen molar-refractivity contribution in [2.45, 2.75) is 0 Å². The number of hydrogen-bond acceptors (Lipinski definition) is 3. The molecule has 4 heteroatoms. The lowest BCUT2D eigenvalue weighted by Gasteiger charge is -2.11. The highest BCUT2D eigenvalue weighted by atomic mass is 15.1. The van der Waals surface area contributed by atoms with Crippen molar-refractivity contribution >= 4 is 19.0 Å². The Morgan fingerprint density at radius 3 is 2.85 bits per heavy atom. The van der Waals surface area contributed by atoms with Crippen LogP contribution in [0.1, 0.15) is 0 Å². The third-order valence-electron chi connectivity index (χ3n) is 1.65. The summed E-state index contributed by atoms with van der Waals surface area (Å²) >= 11 is 0. The maximum atomic E-state index is 5.58. The van der Waals surface area contributed by atoms with Crippen LogP contribution in [0.3, 0.4) is 0 Å². The average Bonchev–Trinajstić information content (AvgIpc) is 2.03. The number of nitrogens with zero attached hydrogens (tertiary/aromatic N) is 2. The fourth-order valence-electron chi connectivity index (χ4n) is 0.978. The zero-order chi connectivity index (χ0) is 9.68. The quantitative estimate of drug-likeness (QED) is 0.645. The molecule has 0 unspecified atom stereocenters. The van der Waals surface area contributed by atoms with Gasteiger partial charge in [0.15, 0.2) is 0 Å². The Labute approximate surface area is 80.6 Å². The van der Waals surface area contributed by atoms with Crippen LogP contribution in [0.4, 0.5) is 5.69 Å². The fourth-order valence-corrected chi connectivity index (χ4v) is 0.978. The molecular formula is C9H14BN3. The lowest BCUT2D eigenvalue weighted by Crippen LogP contribution is -2.21. The minimum absolute atomic E-state index is 0.690. The normalized spacial score (nSPS) is 10.4. The van der Waals surface area contributed by atoms with E-state index in [0.717, 1.165) is 18.8 Å². The summed E-state index contributed by atoms with van der Waals surface area (Å²) in [5.74, 6) is 0. The van der Waals surface area contributed by atoms with Gasteiger partial charge in [0.1, 0.15) is 7.85 Å². The highest BCUT2D eigenvalue weighted by Crippen LogP contribution is 1.99. The van der Waals surface area contributed by atoms with Crippen LogP contribution in [0.2, 0.25) is 0 Å². The van der Waals surface area contributed by atoms with Gasteiger partial charge in [-0.3, -0.25) is 4.98 Å². The number of hydrogen-bond donors (Lipinski definition) is 1. The van der Waals surface area contributed by atoms with Gasteiger partial charge in [-0.05, 0) is 20.2 Å². The molecule has 0 aliphatic heterocycles. The van der Waals surface area contributed by atoms with Gasteiger partial charge in [-0.1, -0.05) is 5.46 Å². The van der Waals surface area contributed by atoms with Crippen LogP contribution in [0, 0.1) is 0 Å². The van der Waals surface area contributed by atoms with Gasteiger partial charge in [0, 0.05) is 25.5 Å². The SMILES string of the molecule is [B]c1cncc(NCCN(C)C)c1. The van der Waals surface area contributed by atoms with Gasteiger partial charge in [0.05, 0.1) is 5.69 Å². The van der Waals surface area contributed by atoms with Crippen molar-refractivity contribution in [1.82, 2.24) is 9.88 Å². The average molecular weight is 175 g/mol. The van der Waals surface area contributed by atoms with Crippen LogP contribution in [0.5, 0.6) is 0 Å². The number of aromatic nitrogens is 1. The van der Waals surface area contributed by atoms with Crippen molar-refractivity contribution < 1.29 is 0 Å². The Bertz CT molecular complexity index is 263. The number of nitrogens with one attached hydrogen (secondary N) is 1. The number of anilines is 1. The van der Waals surface area contributed by atoms with E-state index in [2.05, 4.69) is 15.2 Å². The van der Waals surface area contributed by atoms with E-state index < -0.39 is 0 Å². The van der Waals surface area contributed by atoms with E-state index in [9.17, 15) is 0 Å². The first-order valence-corrected chi connectivity index (χ1v) is 4.27. The summed E-state index contributed by atoms with van der Waals surface area (Å²) in [6, 6.07) is 1.88. The summed E-state index contributed by atoms with van der Waals surface area (Å²) in [7, 11) is 9.66. The summed E-state index contributed by atoms with van der Waals surface area (Å²) in [4.78, 5) is 6.10. The fraction of sp³-hybridized carbons (Fsp3) is 0.444. The van der Waals surface area contributed by atoms with E-state index in [1.54, 1.807) is 12.4 Å². The van der Waals surface area contributed by atoms with Crippen molar-refractivity contribution in [3.05, 3.63) is 18.5 Å². The Morgan fingerprint density at radius 2 is 2.23 bits per heavy atom. The van der Waals surface area contributed by atoms with Crippen LogP contribution in [-0.4, -0.2) is 44.9 Å². The molecule has 0 saturated heterocycles. The highest BCUT2D eigenvalue weighted by Gasteiger charge is 1.92. The number of rotatable bonds is 4. The molecule has 3 nitrogen and oxygen atoms in total. The van der Waals surface area contributed by atoms with Crippen molar-refractivity contribution in [2.24, 2.45) is 0 Å². The molecule has 0 aromatic carbocycles. The van der Waals surface area contributed by atoms with Crippen molar-refractivity contribution in [3.63, 3.8) is 0 Å². The summed E-state index contributed by atoms with van der Waals surface area (Å²) in [6.45, 7) is 1.90. The topological polar surface area (TPSA) is 28.2 Å². The standard InChI is InChI=1S/C9H14BN3/c1-13(2)4-3-12-9-5-8(10)6-11-7-9/h5-7,12H,3-4H2,1-2H3. The molecule has 0 aliphatic rings. The second-order valence-corrected chi connectivity index (χ2v) is 3.24. The van der Waals surface area contributed by atoms with E-state index in [1.807, 2.05) is 20.2 Å². The van der Waals surface area contributed by atoms with Crippen LogP contribution in [0.25, 0.3) is 0 Å². The Morgan fingerprint density at radius 1 is 1.46 bits per heavy atom. The van der Waals surface area contributed by atoms with Crippen molar-refractivity contribution in [1.29, 1.82) is 0 Å². The molecule has 0 aliphatic carbocycles. The van der Waals surface area contributed by atoms with Crippen molar-refractivity contribution in [3.8, 4) is 0 Å². The molecule has 0 fully saturated rings. The predicted molar refractivity (Wildman–Crippen MR) is 56.7 cm³/mol. The maximum Gasteiger partial charge on any atom is 0.116 e. The molecule has 1 rings (SSSR count). The zero-order valence-corrected chi connectivity index (χ0v) is 8.12. The first-order chi connectivity index (χ1) is 6.18. The molecule has 0 saturated carbocycles. The Hall–Kier alpha value is -1.03. The lowest BCUT2D eigenvalue weighted by atomic mass is 9.99. The van der Waals surface area contributed by atoms with E-state index in [4.69, 9.17) is 7.85 Å². The minimum atomic E-state index is 0.690. The molecule has 2 radical (unpaired) electrons. The Balaban J connectivity index is 2.37. The molecule has 0 amide bonds. The van der Waals surface area contributed by atoms with Gasteiger partial charge in [0.25, 0.3) is 0 Å². The first kappa shape index (κ1) is 10.1. The van der Waals surface area contributed by atoms with Crippen LogP contribution in [-0.2, 0) is 0 Å². The summed E-state index contributed by atoms with van der Waals surface area (Å²) in [5, 5.41) is 3.23. The minimum Gasteiger partial charge on any atom is -0.383 e. The Kier molecular flexibility index (Phi) is 3.77. The van der Waals surface area contributed by atoms with Gasteiger partial charge in [-0.25, -0.2) is 0 Å². The highest BCUT2D eigenvalue weighted by molar-refractivity contribution is 6.32. The molecule has 1 aromatic heterocycles. The van der Waals surface area contributed by atoms with Gasteiger partial charge < -0.3 is 10.2 Å². The molecule has 1 aromatic rings. The molecule has 0 atom stereocenters. The second kappa shape index (κ2) is 4.87. The largest absolute Gasteiger partial charge is 0.383 e. The lowest BCUT2D eigenvalue weighted by molar-refractivity contribution is 0.425. The summed E-state index contributed by atoms with van der Waals surface area (Å²) in [6.07, 6.45) is 3.41. The molecule has 68 valence electrons. The van der Waals surface area contributed by atoms with Gasteiger partial charge >= 0.3 is 0 Å². The monoisotopic (exact) mass is 175 g/mol. The smallest absolute Gasteiger partial charge is 0.116 e. The third-order valence-corrected chi connectivity index (χ3v) is 1.65. The zero-order valence-electron chi connectivity index (χ0n) is 8.12. The van der Waals surface area contributed by atoms with E-state index in [1.165, 1.54) is 0 Å². The second-order valence-electron chi connectivity index (χ2n) is 3.24. The first-order valence-electron chi connectivity index (χ1n) is 4.27.